The molecule has 2 aliphatic heterocycles. The summed E-state index contributed by atoms with van der Waals surface area (Å²) in [6.07, 6.45) is 3.84. The van der Waals surface area contributed by atoms with Crippen LogP contribution in [0, 0.1) is 5.92 Å². The molecule has 2 saturated heterocycles. The fourth-order valence-electron chi connectivity index (χ4n) is 3.94. The molecule has 2 aromatic rings. The predicted octanol–water partition coefficient (Wildman–Crippen LogP) is 1.87. The third-order valence-corrected chi connectivity index (χ3v) is 7.28. The summed E-state index contributed by atoms with van der Waals surface area (Å²) in [6, 6.07) is -0.348. The van der Waals surface area contributed by atoms with Crippen LogP contribution < -0.4 is 10.6 Å². The zero-order valence-electron chi connectivity index (χ0n) is 17.3. The zero-order chi connectivity index (χ0) is 23.1. The van der Waals surface area contributed by atoms with Crippen LogP contribution in [-0.2, 0) is 26.4 Å². The van der Waals surface area contributed by atoms with E-state index in [4.69, 9.17) is 21.1 Å². The lowest BCUT2D eigenvalue weighted by Crippen LogP contribution is -2.37. The summed E-state index contributed by atoms with van der Waals surface area (Å²) in [6.45, 7) is 0.919. The number of hydrogen-bond donors (Lipinski definition) is 2. The van der Waals surface area contributed by atoms with Crippen LogP contribution in [0.15, 0.2) is 18.6 Å². The standard InChI is InChI=1S/C18H23ClF2N6O4S/c1-18(20,21)9-32(28,29)8-10-6-30-15-13(7-31-14(10)15)25-16-12(19)4-22-17(26-16)24-11-3-23-27(2)5-11/h3-5,10,13-15H,6-9H2,1-2H3,(H2,22,24,25,26)/t10-,13-,14?,15?/m1/s1. The van der Waals surface area contributed by atoms with Gasteiger partial charge in [-0.15, -0.1) is 0 Å². The van der Waals surface area contributed by atoms with Gasteiger partial charge in [0.05, 0.1) is 49.2 Å². The first kappa shape index (κ1) is 23.1. The normalized spacial score (nSPS) is 25.7. The van der Waals surface area contributed by atoms with Crippen LogP contribution >= 0.6 is 11.6 Å². The molecule has 0 bridgehead atoms. The Morgan fingerprint density at radius 3 is 2.72 bits per heavy atom. The fourth-order valence-corrected chi connectivity index (χ4v) is 5.91. The second kappa shape index (κ2) is 8.69. The third kappa shape index (κ3) is 5.45. The van der Waals surface area contributed by atoms with Gasteiger partial charge in [0.15, 0.2) is 15.7 Å². The molecule has 2 aliphatic rings. The molecule has 0 aromatic carbocycles. The van der Waals surface area contributed by atoms with Crippen molar-refractivity contribution in [3.63, 3.8) is 0 Å². The summed E-state index contributed by atoms with van der Waals surface area (Å²) >= 11 is 6.24. The Labute approximate surface area is 188 Å². The Bertz CT molecular complexity index is 1080. The van der Waals surface area contributed by atoms with Gasteiger partial charge in [-0.3, -0.25) is 4.68 Å². The summed E-state index contributed by atoms with van der Waals surface area (Å²) in [7, 11) is -2.18. The Morgan fingerprint density at radius 2 is 2.03 bits per heavy atom. The second-order valence-electron chi connectivity index (χ2n) is 8.15. The molecule has 2 aromatic heterocycles. The van der Waals surface area contributed by atoms with E-state index < -0.39 is 45.4 Å². The molecule has 2 fully saturated rings. The molecule has 0 aliphatic carbocycles. The predicted molar refractivity (Wildman–Crippen MR) is 113 cm³/mol. The summed E-state index contributed by atoms with van der Waals surface area (Å²) in [5, 5.41) is 10.5. The molecule has 4 atom stereocenters. The van der Waals surface area contributed by atoms with E-state index in [1.54, 1.807) is 24.1 Å². The highest BCUT2D eigenvalue weighted by atomic mass is 35.5. The van der Waals surface area contributed by atoms with Crippen LogP contribution in [0.25, 0.3) is 0 Å². The van der Waals surface area contributed by atoms with E-state index >= 15 is 0 Å². The average molecular weight is 493 g/mol. The van der Waals surface area contributed by atoms with Crippen molar-refractivity contribution in [2.75, 3.05) is 35.4 Å². The van der Waals surface area contributed by atoms with E-state index in [1.807, 2.05) is 0 Å². The lowest BCUT2D eigenvalue weighted by atomic mass is 10.0. The third-order valence-electron chi connectivity index (χ3n) is 5.12. The van der Waals surface area contributed by atoms with Crippen molar-refractivity contribution in [1.82, 2.24) is 19.7 Å². The number of nitrogens with zero attached hydrogens (tertiary/aromatic N) is 4. The molecular weight excluding hydrogens is 470 g/mol. The van der Waals surface area contributed by atoms with Gasteiger partial charge in [-0.25, -0.2) is 22.2 Å². The van der Waals surface area contributed by atoms with Crippen molar-refractivity contribution < 1.29 is 26.7 Å². The minimum Gasteiger partial charge on any atom is -0.373 e. The van der Waals surface area contributed by atoms with Gasteiger partial charge < -0.3 is 20.1 Å². The van der Waals surface area contributed by atoms with Crippen LogP contribution in [0.4, 0.5) is 26.2 Å². The Balaban J connectivity index is 1.41. The minimum atomic E-state index is -3.97. The molecular formula is C18H23ClF2N6O4S. The Kier molecular flexibility index (Phi) is 6.27. The van der Waals surface area contributed by atoms with E-state index in [2.05, 4.69) is 25.7 Å². The van der Waals surface area contributed by atoms with Crippen molar-refractivity contribution in [2.45, 2.75) is 31.1 Å². The first-order valence-corrected chi connectivity index (χ1v) is 12.1. The Morgan fingerprint density at radius 1 is 1.28 bits per heavy atom. The van der Waals surface area contributed by atoms with E-state index in [0.29, 0.717) is 24.4 Å². The van der Waals surface area contributed by atoms with Crippen molar-refractivity contribution >= 4 is 38.9 Å². The van der Waals surface area contributed by atoms with Crippen molar-refractivity contribution in [3.05, 3.63) is 23.6 Å². The number of halogens is 3. The van der Waals surface area contributed by atoms with Gasteiger partial charge in [-0.2, -0.15) is 10.1 Å². The number of hydrogen-bond acceptors (Lipinski definition) is 9. The lowest BCUT2D eigenvalue weighted by Gasteiger charge is -2.19. The second-order valence-corrected chi connectivity index (χ2v) is 10.7. The van der Waals surface area contributed by atoms with Gasteiger partial charge in [0.25, 0.3) is 5.92 Å². The van der Waals surface area contributed by atoms with Crippen molar-refractivity contribution in [2.24, 2.45) is 13.0 Å². The number of alkyl halides is 2. The summed E-state index contributed by atoms with van der Waals surface area (Å²) < 4.78 is 63.8. The number of nitrogens with one attached hydrogen (secondary N) is 2. The first-order valence-electron chi connectivity index (χ1n) is 9.85. The van der Waals surface area contributed by atoms with Crippen LogP contribution in [0.5, 0.6) is 0 Å². The Hall–Kier alpha value is -2.09. The number of ether oxygens (including phenoxy) is 2. The van der Waals surface area contributed by atoms with E-state index in [-0.39, 0.29) is 24.3 Å². The van der Waals surface area contributed by atoms with Gasteiger partial charge in [0.1, 0.15) is 16.9 Å². The van der Waals surface area contributed by atoms with Gasteiger partial charge >= 0.3 is 0 Å². The summed E-state index contributed by atoms with van der Waals surface area (Å²) in [5.74, 6) is -4.77. The molecule has 2 unspecified atom stereocenters. The number of fused-ring (bicyclic) bond motifs is 1. The number of rotatable bonds is 8. The summed E-state index contributed by atoms with van der Waals surface area (Å²) in [5.41, 5.74) is 0.700. The largest absolute Gasteiger partial charge is 0.373 e. The first-order chi connectivity index (χ1) is 15.0. The highest BCUT2D eigenvalue weighted by molar-refractivity contribution is 7.91. The van der Waals surface area contributed by atoms with E-state index in [9.17, 15) is 17.2 Å². The quantitative estimate of drug-likeness (QED) is 0.568. The summed E-state index contributed by atoms with van der Waals surface area (Å²) in [4.78, 5) is 8.52. The molecule has 0 amide bonds. The molecule has 4 rings (SSSR count). The monoisotopic (exact) mass is 492 g/mol. The number of aryl methyl sites for hydroxylation is 1. The van der Waals surface area contributed by atoms with Crippen LogP contribution in [0.1, 0.15) is 6.92 Å². The van der Waals surface area contributed by atoms with E-state index in [0.717, 1.165) is 0 Å². The average Bonchev–Trinajstić information content (AvgIpc) is 3.35. The van der Waals surface area contributed by atoms with Crippen molar-refractivity contribution in [3.8, 4) is 0 Å². The maximum Gasteiger partial charge on any atom is 0.259 e. The minimum absolute atomic E-state index is 0.105. The molecule has 14 heteroatoms. The van der Waals surface area contributed by atoms with Gasteiger partial charge in [0.2, 0.25) is 5.95 Å². The highest BCUT2D eigenvalue weighted by Gasteiger charge is 2.49. The number of sulfone groups is 1. The maximum absolute atomic E-state index is 13.2. The molecule has 0 radical (unpaired) electrons. The SMILES string of the molecule is Cn1cc(Nc2ncc(Cl)c(N[C@@H]3COC4C3OC[C@@H]4CS(=O)(=O)CC(C)(F)F)n2)cn1. The van der Waals surface area contributed by atoms with Gasteiger partial charge in [-0.1, -0.05) is 11.6 Å². The highest BCUT2D eigenvalue weighted by Crippen LogP contribution is 2.35. The van der Waals surface area contributed by atoms with Gasteiger partial charge in [0, 0.05) is 26.1 Å². The number of anilines is 3. The maximum atomic E-state index is 13.2. The fraction of sp³-hybridized carbons (Fsp3) is 0.611. The topological polar surface area (TPSA) is 120 Å². The lowest BCUT2D eigenvalue weighted by molar-refractivity contribution is 0.0468. The smallest absolute Gasteiger partial charge is 0.259 e. The zero-order valence-corrected chi connectivity index (χ0v) is 18.9. The molecule has 2 N–H and O–H groups in total. The molecule has 10 nitrogen and oxygen atoms in total. The molecule has 32 heavy (non-hydrogen) atoms. The molecule has 176 valence electrons. The van der Waals surface area contributed by atoms with Gasteiger partial charge in [-0.05, 0) is 0 Å². The number of aromatic nitrogens is 4. The molecule has 0 saturated carbocycles. The van der Waals surface area contributed by atoms with Crippen LogP contribution in [0.2, 0.25) is 5.02 Å². The molecule has 0 spiro atoms. The van der Waals surface area contributed by atoms with Crippen LogP contribution in [0.3, 0.4) is 0 Å². The van der Waals surface area contributed by atoms with Crippen molar-refractivity contribution in [1.29, 1.82) is 0 Å². The van der Waals surface area contributed by atoms with Crippen LogP contribution in [-0.4, -0.2) is 77.1 Å². The van der Waals surface area contributed by atoms with E-state index in [1.165, 1.54) is 6.20 Å². The molecule has 4 heterocycles.